The van der Waals surface area contributed by atoms with E-state index in [1.54, 1.807) is 13.8 Å². The van der Waals surface area contributed by atoms with Crippen molar-refractivity contribution in [1.82, 2.24) is 5.32 Å². The first-order valence-corrected chi connectivity index (χ1v) is 9.61. The minimum Gasteiger partial charge on any atom is -0.396 e. The van der Waals surface area contributed by atoms with Gasteiger partial charge in [-0.05, 0) is 12.8 Å². The lowest BCUT2D eigenvalue weighted by Crippen LogP contribution is -2.44. The molecule has 0 rings (SSSR count). The highest BCUT2D eigenvalue weighted by molar-refractivity contribution is 4.79. The molecule has 0 aromatic rings. The quantitative estimate of drug-likeness (QED) is 0.140. The van der Waals surface area contributed by atoms with Gasteiger partial charge in [0.05, 0.1) is 45.2 Å². The Labute approximate surface area is 168 Å². The molecule has 174 valence electrons. The van der Waals surface area contributed by atoms with Gasteiger partial charge in [0, 0.05) is 18.5 Å². The third-order valence-electron chi connectivity index (χ3n) is 3.86. The molecule has 10 heteroatoms. The molecule has 10 N–H and O–H groups in total. The molecule has 0 aromatic carbocycles. The van der Waals surface area contributed by atoms with Crippen molar-refractivity contribution in [3.63, 3.8) is 0 Å². The number of hydrogen-bond acceptors (Lipinski definition) is 10. The second-order valence-corrected chi connectivity index (χ2v) is 6.80. The maximum atomic E-state index is 9.36. The summed E-state index contributed by atoms with van der Waals surface area (Å²) in [6.45, 7) is 6.06. The van der Waals surface area contributed by atoms with Gasteiger partial charge in [-0.3, -0.25) is 0 Å². The molecule has 0 aliphatic carbocycles. The fourth-order valence-electron chi connectivity index (χ4n) is 1.60. The van der Waals surface area contributed by atoms with Gasteiger partial charge in [-0.1, -0.05) is 27.2 Å². The number of rotatable bonds is 13. The summed E-state index contributed by atoms with van der Waals surface area (Å²) in [5, 5.41) is 81.7. The zero-order valence-electron chi connectivity index (χ0n) is 17.4. The van der Waals surface area contributed by atoms with E-state index in [9.17, 15) is 20.4 Å². The van der Waals surface area contributed by atoms with Gasteiger partial charge < -0.3 is 51.3 Å². The van der Waals surface area contributed by atoms with Crippen LogP contribution in [0.3, 0.4) is 0 Å². The molecule has 0 unspecified atom stereocenters. The minimum atomic E-state index is -1.26. The molecule has 0 aliphatic heterocycles. The van der Waals surface area contributed by atoms with Crippen LogP contribution in [0.25, 0.3) is 0 Å². The van der Waals surface area contributed by atoms with Crippen molar-refractivity contribution < 1.29 is 46.0 Å². The van der Waals surface area contributed by atoms with E-state index in [-0.39, 0.29) is 33.0 Å². The predicted molar refractivity (Wildman–Crippen MR) is 106 cm³/mol. The van der Waals surface area contributed by atoms with E-state index in [2.05, 4.69) is 5.32 Å². The number of aliphatic hydroxyl groups is 9. The van der Waals surface area contributed by atoms with Crippen molar-refractivity contribution in [3.05, 3.63) is 0 Å². The van der Waals surface area contributed by atoms with Crippen LogP contribution in [-0.2, 0) is 0 Å². The average Bonchev–Trinajstić information content (AvgIpc) is 2.72. The van der Waals surface area contributed by atoms with Crippen LogP contribution in [0.2, 0.25) is 0 Å². The Morgan fingerprint density at radius 2 is 1.11 bits per heavy atom. The maximum absolute atomic E-state index is 9.36. The predicted octanol–water partition coefficient (Wildman–Crippen LogP) is -2.83. The molecule has 0 bridgehead atoms. The van der Waals surface area contributed by atoms with Crippen LogP contribution in [0.5, 0.6) is 0 Å². The first kappa shape index (κ1) is 32.3. The number of aliphatic hydroxyl groups excluding tert-OH is 9. The smallest absolute Gasteiger partial charge is 0.108 e. The molecular weight excluding hydrogens is 374 g/mol. The summed E-state index contributed by atoms with van der Waals surface area (Å²) in [4.78, 5) is 0. The maximum Gasteiger partial charge on any atom is 0.108 e. The Morgan fingerprint density at radius 1 is 0.714 bits per heavy atom. The summed E-state index contributed by atoms with van der Waals surface area (Å²) in [6, 6.07) is 0. The molecule has 0 radical (unpaired) electrons. The van der Waals surface area contributed by atoms with Crippen LogP contribution in [-0.4, -0.2) is 116 Å². The summed E-state index contributed by atoms with van der Waals surface area (Å²) < 4.78 is 0. The zero-order valence-corrected chi connectivity index (χ0v) is 17.4. The summed E-state index contributed by atoms with van der Waals surface area (Å²) in [5.41, 5.74) is -0.708. The molecule has 10 nitrogen and oxygen atoms in total. The molecule has 0 amide bonds. The number of hydrogen-bond donors (Lipinski definition) is 10. The Morgan fingerprint density at radius 3 is 1.36 bits per heavy atom. The first-order valence-electron chi connectivity index (χ1n) is 9.61. The van der Waals surface area contributed by atoms with E-state index in [0.29, 0.717) is 25.9 Å². The molecule has 4 atom stereocenters. The summed E-state index contributed by atoms with van der Waals surface area (Å²) in [7, 11) is 0. The van der Waals surface area contributed by atoms with Gasteiger partial charge in [0.25, 0.3) is 0 Å². The van der Waals surface area contributed by atoms with Crippen molar-refractivity contribution in [2.45, 2.75) is 64.4 Å². The average molecular weight is 418 g/mol. The van der Waals surface area contributed by atoms with Crippen molar-refractivity contribution >= 4 is 0 Å². The third kappa shape index (κ3) is 17.7. The standard InChI is InChI=1S/C9H20O4.C5H12O3.C4H11NO2/c1-3-5-7(11)9(13)8(12)6(10)4-2;1-5(2-6,3-7)4-8;6-3-1-5-2-4-7/h6-13H,3-5H2,1-2H3;6-8H,2-4H2,1H3;5-7H,1-4H2/t6-,7+,8-,9-;;/m1../s1. The monoisotopic (exact) mass is 417 g/mol. The van der Waals surface area contributed by atoms with Crippen molar-refractivity contribution in [2.75, 3.05) is 46.1 Å². The molecule has 0 spiro atoms. The lowest BCUT2D eigenvalue weighted by Gasteiger charge is -2.25. The van der Waals surface area contributed by atoms with Gasteiger partial charge in [-0.2, -0.15) is 0 Å². The highest BCUT2D eigenvalue weighted by Crippen LogP contribution is 2.11. The largest absolute Gasteiger partial charge is 0.396 e. The Balaban J connectivity index is -0.000000359. The molecule has 28 heavy (non-hydrogen) atoms. The first-order chi connectivity index (χ1) is 13.1. The van der Waals surface area contributed by atoms with E-state index >= 15 is 0 Å². The summed E-state index contributed by atoms with van der Waals surface area (Å²) >= 11 is 0. The van der Waals surface area contributed by atoms with Gasteiger partial charge in [-0.25, -0.2) is 0 Å². The van der Waals surface area contributed by atoms with Gasteiger partial charge >= 0.3 is 0 Å². The van der Waals surface area contributed by atoms with Gasteiger partial charge in [0.2, 0.25) is 0 Å². The van der Waals surface area contributed by atoms with E-state index in [1.807, 2.05) is 6.92 Å². The van der Waals surface area contributed by atoms with E-state index in [0.717, 1.165) is 6.42 Å². The van der Waals surface area contributed by atoms with E-state index in [1.165, 1.54) is 0 Å². The SMILES string of the molecule is CC(CO)(CO)CO.CCC[C@H](O)[C@@H](O)[C@H](O)[C@H](O)CC.OCCNCCO. The Bertz CT molecular complexity index is 295. The molecule has 0 aromatic heterocycles. The van der Waals surface area contributed by atoms with Crippen LogP contribution in [0.4, 0.5) is 0 Å². The third-order valence-corrected chi connectivity index (χ3v) is 3.86. The summed E-state index contributed by atoms with van der Waals surface area (Å²) in [6.07, 6.45) is -2.93. The highest BCUT2D eigenvalue weighted by Gasteiger charge is 2.28. The van der Waals surface area contributed by atoms with E-state index in [4.69, 9.17) is 25.5 Å². The van der Waals surface area contributed by atoms with Crippen molar-refractivity contribution in [1.29, 1.82) is 0 Å². The van der Waals surface area contributed by atoms with Gasteiger partial charge in [-0.15, -0.1) is 0 Å². The normalized spacial score (nSPS) is 15.4. The zero-order chi connectivity index (χ0) is 22.6. The minimum absolute atomic E-state index is 0.139. The summed E-state index contributed by atoms with van der Waals surface area (Å²) in [5.74, 6) is 0. The van der Waals surface area contributed by atoms with Crippen LogP contribution in [0, 0.1) is 5.41 Å². The van der Waals surface area contributed by atoms with Gasteiger partial charge in [0.15, 0.2) is 0 Å². The van der Waals surface area contributed by atoms with Crippen LogP contribution in [0.1, 0.15) is 40.0 Å². The number of nitrogens with one attached hydrogen (secondary N) is 1. The van der Waals surface area contributed by atoms with Crippen molar-refractivity contribution in [2.24, 2.45) is 5.41 Å². The molecule has 0 saturated carbocycles. The second kappa shape index (κ2) is 21.3. The van der Waals surface area contributed by atoms with Crippen molar-refractivity contribution in [3.8, 4) is 0 Å². The molecule has 0 fully saturated rings. The molecule has 0 aliphatic rings. The molecular formula is C18H43NO9. The lowest BCUT2D eigenvalue weighted by molar-refractivity contribution is -0.106. The molecule has 0 heterocycles. The lowest BCUT2D eigenvalue weighted by atomic mass is 9.95. The van der Waals surface area contributed by atoms with Crippen LogP contribution < -0.4 is 5.32 Å². The van der Waals surface area contributed by atoms with E-state index < -0.39 is 29.8 Å². The van der Waals surface area contributed by atoms with Crippen LogP contribution in [0.15, 0.2) is 0 Å². The Hall–Kier alpha value is -0.400. The van der Waals surface area contributed by atoms with Gasteiger partial charge in [0.1, 0.15) is 12.2 Å². The fourth-order valence-corrected chi connectivity index (χ4v) is 1.60. The fraction of sp³-hybridized carbons (Fsp3) is 1.00. The highest BCUT2D eigenvalue weighted by atomic mass is 16.4. The molecule has 0 saturated heterocycles. The Kier molecular flexibility index (Phi) is 24.6. The topological polar surface area (TPSA) is 194 Å². The second-order valence-electron chi connectivity index (χ2n) is 6.80. The van der Waals surface area contributed by atoms with Crippen LogP contribution >= 0.6 is 0 Å².